The molecule has 0 aromatic heterocycles. The Balaban J connectivity index is 4.53. The molecule has 0 saturated carbocycles. The van der Waals surface area contributed by atoms with Crippen LogP contribution in [0.4, 0.5) is 0 Å². The van der Waals surface area contributed by atoms with Crippen LogP contribution < -0.4 is 5.73 Å². The minimum atomic E-state index is -0.370. The molecule has 0 aromatic carbocycles. The summed E-state index contributed by atoms with van der Waals surface area (Å²) in [5, 5.41) is 0. The van der Waals surface area contributed by atoms with Gasteiger partial charge in [-0.1, -0.05) is 13.8 Å². The maximum Gasteiger partial charge on any atom is 0.229 e. The van der Waals surface area contributed by atoms with Gasteiger partial charge >= 0.3 is 0 Å². The summed E-state index contributed by atoms with van der Waals surface area (Å²) in [5.41, 5.74) is 5.29. The smallest absolute Gasteiger partial charge is 0.229 e. The van der Waals surface area contributed by atoms with Crippen molar-refractivity contribution in [3.8, 4) is 0 Å². The van der Waals surface area contributed by atoms with Crippen molar-refractivity contribution >= 4 is 5.91 Å². The van der Waals surface area contributed by atoms with Gasteiger partial charge in [-0.15, -0.1) is 0 Å². The Hall–Kier alpha value is -0.570. The average Bonchev–Trinajstić information content (AvgIpc) is 2.23. The van der Waals surface area contributed by atoms with E-state index in [-0.39, 0.29) is 11.3 Å². The summed E-state index contributed by atoms with van der Waals surface area (Å²) in [7, 11) is 0. The van der Waals surface area contributed by atoms with E-state index >= 15 is 0 Å². The van der Waals surface area contributed by atoms with Crippen LogP contribution in [0.15, 0.2) is 0 Å². The number of nitrogens with zero attached hydrogens (tertiary/aromatic N) is 1. The first-order chi connectivity index (χ1) is 6.55. The molecule has 0 rings (SSSR count). The number of amides is 1. The van der Waals surface area contributed by atoms with Crippen LogP contribution in [0.2, 0.25) is 0 Å². The molecule has 0 aliphatic carbocycles. The lowest BCUT2D eigenvalue weighted by molar-refractivity contribution is -0.140. The van der Waals surface area contributed by atoms with Crippen molar-refractivity contribution in [3.05, 3.63) is 0 Å². The molecule has 0 aliphatic rings. The molecule has 0 fully saturated rings. The van der Waals surface area contributed by atoms with Gasteiger partial charge in [0.25, 0.3) is 0 Å². The van der Waals surface area contributed by atoms with E-state index in [9.17, 15) is 4.79 Å². The minimum absolute atomic E-state index is 0.201. The predicted molar refractivity (Wildman–Crippen MR) is 60.0 cm³/mol. The zero-order valence-electron chi connectivity index (χ0n) is 9.97. The molecule has 0 aromatic rings. The highest BCUT2D eigenvalue weighted by Gasteiger charge is 2.32. The molecule has 0 aliphatic heterocycles. The number of hydrogen-bond donors (Lipinski definition) is 1. The summed E-state index contributed by atoms with van der Waals surface area (Å²) < 4.78 is 0. The lowest BCUT2D eigenvalue weighted by atomic mass is 9.86. The van der Waals surface area contributed by atoms with Crippen molar-refractivity contribution in [2.45, 2.75) is 40.5 Å². The maximum atomic E-state index is 12.1. The molecule has 84 valence electrons. The second kappa shape index (κ2) is 6.02. The van der Waals surface area contributed by atoms with Crippen molar-refractivity contribution in [2.24, 2.45) is 11.1 Å². The molecular formula is C11H24N2O. The quantitative estimate of drug-likeness (QED) is 0.708. The van der Waals surface area contributed by atoms with E-state index < -0.39 is 0 Å². The van der Waals surface area contributed by atoms with Crippen molar-refractivity contribution in [2.75, 3.05) is 19.6 Å². The highest BCUT2D eigenvalue weighted by atomic mass is 16.2. The van der Waals surface area contributed by atoms with Gasteiger partial charge in [0.1, 0.15) is 0 Å². The van der Waals surface area contributed by atoms with Gasteiger partial charge in [0, 0.05) is 19.6 Å². The molecule has 2 N–H and O–H groups in total. The van der Waals surface area contributed by atoms with Gasteiger partial charge in [-0.3, -0.25) is 4.79 Å². The molecule has 0 radical (unpaired) electrons. The van der Waals surface area contributed by atoms with E-state index in [4.69, 9.17) is 5.73 Å². The Kier molecular flexibility index (Phi) is 5.77. The lowest BCUT2D eigenvalue weighted by Crippen LogP contribution is -2.46. The lowest BCUT2D eigenvalue weighted by Gasteiger charge is -2.32. The molecule has 0 spiro atoms. The van der Waals surface area contributed by atoms with Gasteiger partial charge in [-0.25, -0.2) is 0 Å². The highest BCUT2D eigenvalue weighted by molar-refractivity contribution is 5.82. The summed E-state index contributed by atoms with van der Waals surface area (Å²) in [6, 6.07) is 0. The average molecular weight is 200 g/mol. The van der Waals surface area contributed by atoms with Crippen LogP contribution in [0.1, 0.15) is 40.5 Å². The largest absolute Gasteiger partial charge is 0.342 e. The molecular weight excluding hydrogens is 176 g/mol. The van der Waals surface area contributed by atoms with E-state index in [1.165, 1.54) is 0 Å². The maximum absolute atomic E-state index is 12.1. The van der Waals surface area contributed by atoms with E-state index in [0.29, 0.717) is 6.54 Å². The van der Waals surface area contributed by atoms with E-state index in [1.54, 1.807) is 0 Å². The molecule has 14 heavy (non-hydrogen) atoms. The van der Waals surface area contributed by atoms with Crippen LogP contribution in [0.3, 0.4) is 0 Å². The van der Waals surface area contributed by atoms with Gasteiger partial charge in [-0.05, 0) is 26.7 Å². The monoisotopic (exact) mass is 200 g/mol. The first-order valence-electron chi connectivity index (χ1n) is 5.55. The van der Waals surface area contributed by atoms with Crippen LogP contribution in [0, 0.1) is 5.41 Å². The summed E-state index contributed by atoms with van der Waals surface area (Å²) in [6.45, 7) is 10.1. The Morgan fingerprint density at radius 3 is 2.21 bits per heavy atom. The molecule has 0 heterocycles. The third kappa shape index (κ3) is 2.98. The molecule has 1 atom stereocenters. The Morgan fingerprint density at radius 2 is 1.93 bits per heavy atom. The Bertz CT molecular complexity index is 176. The fourth-order valence-electron chi connectivity index (χ4n) is 1.44. The van der Waals surface area contributed by atoms with Crippen LogP contribution in [0.25, 0.3) is 0 Å². The summed E-state index contributed by atoms with van der Waals surface area (Å²) >= 11 is 0. The highest BCUT2D eigenvalue weighted by Crippen LogP contribution is 2.22. The molecule has 1 amide bonds. The first kappa shape index (κ1) is 13.4. The summed E-state index contributed by atoms with van der Waals surface area (Å²) in [6.07, 6.45) is 1.81. The van der Waals surface area contributed by atoms with E-state index in [2.05, 4.69) is 6.92 Å². The summed E-state index contributed by atoms with van der Waals surface area (Å²) in [5.74, 6) is 0.201. The number of rotatable bonds is 6. The third-order valence-electron chi connectivity index (χ3n) is 2.91. The second-order valence-corrected chi connectivity index (χ2v) is 4.00. The molecule has 3 heteroatoms. The SMILES string of the molecule is CCCN(CC)C(=O)C(C)(CC)CN. The molecule has 0 saturated heterocycles. The van der Waals surface area contributed by atoms with Crippen LogP contribution in [-0.4, -0.2) is 30.4 Å². The standard InChI is InChI=1S/C11H24N2O/c1-5-8-13(7-3)10(14)11(4,6-2)9-12/h5-9,12H2,1-4H3. The van der Waals surface area contributed by atoms with Crippen molar-refractivity contribution in [1.82, 2.24) is 4.90 Å². The van der Waals surface area contributed by atoms with E-state index in [0.717, 1.165) is 25.9 Å². The van der Waals surface area contributed by atoms with Crippen LogP contribution >= 0.6 is 0 Å². The fraction of sp³-hybridized carbons (Fsp3) is 0.909. The first-order valence-corrected chi connectivity index (χ1v) is 5.55. The second-order valence-electron chi connectivity index (χ2n) is 4.00. The van der Waals surface area contributed by atoms with Crippen LogP contribution in [-0.2, 0) is 4.79 Å². The van der Waals surface area contributed by atoms with Gasteiger partial charge in [-0.2, -0.15) is 0 Å². The van der Waals surface area contributed by atoms with Crippen LogP contribution in [0.5, 0.6) is 0 Å². The normalized spacial score (nSPS) is 14.9. The Morgan fingerprint density at radius 1 is 1.36 bits per heavy atom. The van der Waals surface area contributed by atoms with Crippen molar-refractivity contribution < 1.29 is 4.79 Å². The predicted octanol–water partition coefficient (Wildman–Crippen LogP) is 1.62. The number of carbonyl (C=O) groups is 1. The molecule has 1 unspecified atom stereocenters. The number of hydrogen-bond acceptors (Lipinski definition) is 2. The Labute approximate surface area is 87.6 Å². The molecule has 3 nitrogen and oxygen atoms in total. The number of carbonyl (C=O) groups excluding carboxylic acids is 1. The van der Waals surface area contributed by atoms with Crippen molar-refractivity contribution in [3.63, 3.8) is 0 Å². The van der Waals surface area contributed by atoms with Crippen molar-refractivity contribution in [1.29, 1.82) is 0 Å². The van der Waals surface area contributed by atoms with Gasteiger partial charge < -0.3 is 10.6 Å². The summed E-state index contributed by atoms with van der Waals surface area (Å²) in [4.78, 5) is 14.0. The zero-order valence-corrected chi connectivity index (χ0v) is 9.97. The minimum Gasteiger partial charge on any atom is -0.342 e. The van der Waals surface area contributed by atoms with Gasteiger partial charge in [0.2, 0.25) is 5.91 Å². The van der Waals surface area contributed by atoms with Gasteiger partial charge in [0.05, 0.1) is 5.41 Å². The number of nitrogens with two attached hydrogens (primary N) is 1. The topological polar surface area (TPSA) is 46.3 Å². The van der Waals surface area contributed by atoms with E-state index in [1.807, 2.05) is 25.7 Å². The fourth-order valence-corrected chi connectivity index (χ4v) is 1.44. The van der Waals surface area contributed by atoms with Gasteiger partial charge in [0.15, 0.2) is 0 Å². The molecule has 0 bridgehead atoms. The third-order valence-corrected chi connectivity index (χ3v) is 2.91. The zero-order chi connectivity index (χ0) is 11.2.